The first-order valence-corrected chi connectivity index (χ1v) is 10.1. The van der Waals surface area contributed by atoms with E-state index in [1.807, 2.05) is 25.1 Å². The maximum absolute atomic E-state index is 12.6. The molecule has 0 radical (unpaired) electrons. The molecule has 1 atom stereocenters. The highest BCUT2D eigenvalue weighted by molar-refractivity contribution is 6.32. The monoisotopic (exact) mass is 418 g/mol. The van der Waals surface area contributed by atoms with Crippen LogP contribution in [0.25, 0.3) is 0 Å². The van der Waals surface area contributed by atoms with Crippen LogP contribution in [-0.2, 0) is 11.3 Å². The van der Waals surface area contributed by atoms with Crippen molar-refractivity contribution in [3.63, 3.8) is 0 Å². The summed E-state index contributed by atoms with van der Waals surface area (Å²) in [6.07, 6.45) is -0.0588. The Kier molecular flexibility index (Phi) is 7.75. The van der Waals surface area contributed by atoms with E-state index in [1.54, 1.807) is 12.1 Å². The second-order valence-corrected chi connectivity index (χ2v) is 7.25. The molecule has 1 N–H and O–H groups in total. The summed E-state index contributed by atoms with van der Waals surface area (Å²) >= 11 is 6.26. The van der Waals surface area contributed by atoms with E-state index in [0.29, 0.717) is 41.8 Å². The maximum Gasteiger partial charge on any atom is 0.251 e. The van der Waals surface area contributed by atoms with Gasteiger partial charge in [-0.05, 0) is 24.6 Å². The molecular formula is C22H27ClN2O4. The quantitative estimate of drug-likeness (QED) is 0.712. The molecule has 0 aromatic heterocycles. The summed E-state index contributed by atoms with van der Waals surface area (Å²) in [7, 11) is 1.52. The van der Waals surface area contributed by atoms with Crippen LogP contribution in [0.5, 0.6) is 11.5 Å². The Morgan fingerprint density at radius 1 is 1.31 bits per heavy atom. The first kappa shape index (κ1) is 21.4. The van der Waals surface area contributed by atoms with E-state index >= 15 is 0 Å². The van der Waals surface area contributed by atoms with Crippen LogP contribution >= 0.6 is 11.6 Å². The Hall–Kier alpha value is -2.28. The lowest BCUT2D eigenvalue weighted by Gasteiger charge is -2.33. The minimum Gasteiger partial charge on any atom is -0.493 e. The highest BCUT2D eigenvalue weighted by Crippen LogP contribution is 2.36. The Morgan fingerprint density at radius 3 is 2.83 bits per heavy atom. The van der Waals surface area contributed by atoms with Crippen molar-refractivity contribution in [2.45, 2.75) is 19.6 Å². The number of carbonyl (C=O) groups excluding carboxylic acids is 1. The molecule has 1 unspecified atom stereocenters. The van der Waals surface area contributed by atoms with E-state index in [2.05, 4.69) is 22.3 Å². The number of rotatable bonds is 8. The second kappa shape index (κ2) is 10.5. The summed E-state index contributed by atoms with van der Waals surface area (Å²) < 4.78 is 16.6. The van der Waals surface area contributed by atoms with Crippen molar-refractivity contribution in [3.05, 3.63) is 58.6 Å². The van der Waals surface area contributed by atoms with Crippen LogP contribution in [0.3, 0.4) is 0 Å². The minimum atomic E-state index is -0.225. The summed E-state index contributed by atoms with van der Waals surface area (Å²) in [6, 6.07) is 13.6. The number of hydrogen-bond donors (Lipinski definition) is 1. The number of nitrogens with zero attached hydrogens (tertiary/aromatic N) is 1. The lowest BCUT2D eigenvalue weighted by Crippen LogP contribution is -2.47. The van der Waals surface area contributed by atoms with Gasteiger partial charge in [-0.3, -0.25) is 9.69 Å². The Morgan fingerprint density at radius 2 is 2.10 bits per heavy atom. The third kappa shape index (κ3) is 5.85. The van der Waals surface area contributed by atoms with Gasteiger partial charge in [0.25, 0.3) is 5.91 Å². The fourth-order valence-corrected chi connectivity index (χ4v) is 3.60. The van der Waals surface area contributed by atoms with Crippen molar-refractivity contribution in [2.24, 2.45) is 0 Å². The number of benzene rings is 2. The normalized spacial score (nSPS) is 17.0. The van der Waals surface area contributed by atoms with E-state index in [1.165, 1.54) is 12.7 Å². The second-order valence-electron chi connectivity index (χ2n) is 6.85. The third-order valence-corrected chi connectivity index (χ3v) is 5.02. The number of halogens is 1. The minimum absolute atomic E-state index is 0.0588. The Bertz CT molecular complexity index is 816. The van der Waals surface area contributed by atoms with E-state index in [-0.39, 0.29) is 12.0 Å². The number of ether oxygens (including phenoxy) is 3. The van der Waals surface area contributed by atoms with Gasteiger partial charge < -0.3 is 19.5 Å². The molecule has 1 saturated heterocycles. The molecule has 0 aliphatic carbocycles. The molecule has 2 aromatic rings. The van der Waals surface area contributed by atoms with Gasteiger partial charge in [0.05, 0.1) is 31.5 Å². The number of morpholine rings is 1. The molecule has 29 heavy (non-hydrogen) atoms. The molecule has 7 heteroatoms. The summed E-state index contributed by atoms with van der Waals surface area (Å²) in [5, 5.41) is 3.28. The largest absolute Gasteiger partial charge is 0.493 e. The highest BCUT2D eigenvalue weighted by atomic mass is 35.5. The summed E-state index contributed by atoms with van der Waals surface area (Å²) in [5.74, 6) is 0.657. The molecule has 2 aromatic carbocycles. The van der Waals surface area contributed by atoms with E-state index < -0.39 is 0 Å². The van der Waals surface area contributed by atoms with Crippen molar-refractivity contribution in [1.82, 2.24) is 10.2 Å². The first-order valence-electron chi connectivity index (χ1n) is 9.77. The van der Waals surface area contributed by atoms with Crippen LogP contribution in [0.15, 0.2) is 42.5 Å². The Balaban J connectivity index is 1.56. The van der Waals surface area contributed by atoms with Crippen LogP contribution in [0.4, 0.5) is 0 Å². The smallest absolute Gasteiger partial charge is 0.251 e. The van der Waals surface area contributed by atoms with Crippen molar-refractivity contribution in [2.75, 3.05) is 40.0 Å². The standard InChI is InChI=1S/C22H27ClN2O4/c1-3-28-21-19(23)11-17(12-20(21)27-2)22(26)24-13-18-15-25(9-10-29-18)14-16-7-5-4-6-8-16/h4-8,11-12,18H,3,9-10,13-15H2,1-2H3,(H,24,26). The molecule has 1 heterocycles. The van der Waals surface area contributed by atoms with E-state index in [4.69, 9.17) is 25.8 Å². The summed E-state index contributed by atoms with van der Waals surface area (Å²) in [6.45, 7) is 5.92. The SMILES string of the molecule is CCOc1c(Cl)cc(C(=O)NCC2CN(Cc3ccccc3)CCO2)cc1OC. The lowest BCUT2D eigenvalue weighted by atomic mass is 10.1. The maximum atomic E-state index is 12.6. The predicted molar refractivity (Wildman–Crippen MR) is 113 cm³/mol. The van der Waals surface area contributed by atoms with Gasteiger partial charge in [-0.15, -0.1) is 0 Å². The Labute approximate surface area is 176 Å². The molecule has 1 amide bonds. The topological polar surface area (TPSA) is 60.0 Å². The third-order valence-electron chi connectivity index (χ3n) is 4.74. The highest BCUT2D eigenvalue weighted by Gasteiger charge is 2.22. The zero-order valence-electron chi connectivity index (χ0n) is 16.8. The molecule has 1 aliphatic heterocycles. The van der Waals surface area contributed by atoms with Gasteiger partial charge in [-0.2, -0.15) is 0 Å². The number of nitrogens with one attached hydrogen (secondary N) is 1. The van der Waals surface area contributed by atoms with Crippen LogP contribution in [0.2, 0.25) is 5.02 Å². The van der Waals surface area contributed by atoms with Crippen LogP contribution in [0, 0.1) is 0 Å². The molecule has 1 fully saturated rings. The molecular weight excluding hydrogens is 392 g/mol. The van der Waals surface area contributed by atoms with Gasteiger partial charge in [0.15, 0.2) is 11.5 Å². The lowest BCUT2D eigenvalue weighted by molar-refractivity contribution is -0.0292. The van der Waals surface area contributed by atoms with Crippen LogP contribution in [-0.4, -0.2) is 56.9 Å². The average Bonchev–Trinajstić information content (AvgIpc) is 2.74. The van der Waals surface area contributed by atoms with E-state index in [0.717, 1.165) is 19.6 Å². The van der Waals surface area contributed by atoms with Crippen molar-refractivity contribution in [3.8, 4) is 11.5 Å². The van der Waals surface area contributed by atoms with Crippen molar-refractivity contribution < 1.29 is 19.0 Å². The van der Waals surface area contributed by atoms with Gasteiger partial charge in [0, 0.05) is 31.7 Å². The molecule has 3 rings (SSSR count). The molecule has 0 saturated carbocycles. The fraction of sp³-hybridized carbons (Fsp3) is 0.409. The zero-order valence-corrected chi connectivity index (χ0v) is 17.6. The average molecular weight is 419 g/mol. The summed E-state index contributed by atoms with van der Waals surface area (Å²) in [4.78, 5) is 15.0. The summed E-state index contributed by atoms with van der Waals surface area (Å²) in [5.41, 5.74) is 1.69. The van der Waals surface area contributed by atoms with Crippen molar-refractivity contribution in [1.29, 1.82) is 0 Å². The molecule has 156 valence electrons. The molecule has 0 spiro atoms. The van der Waals surface area contributed by atoms with Crippen molar-refractivity contribution >= 4 is 17.5 Å². The number of methoxy groups -OCH3 is 1. The van der Waals surface area contributed by atoms with Crippen LogP contribution < -0.4 is 14.8 Å². The predicted octanol–water partition coefficient (Wildman–Crippen LogP) is 3.38. The van der Waals surface area contributed by atoms with Gasteiger partial charge in [0.2, 0.25) is 0 Å². The van der Waals surface area contributed by atoms with Gasteiger partial charge >= 0.3 is 0 Å². The van der Waals surface area contributed by atoms with Crippen LogP contribution in [0.1, 0.15) is 22.8 Å². The van der Waals surface area contributed by atoms with Gasteiger partial charge in [-0.25, -0.2) is 0 Å². The first-order chi connectivity index (χ1) is 14.1. The van der Waals surface area contributed by atoms with E-state index in [9.17, 15) is 4.79 Å². The molecule has 0 bridgehead atoms. The molecule has 6 nitrogen and oxygen atoms in total. The fourth-order valence-electron chi connectivity index (χ4n) is 3.33. The molecule has 1 aliphatic rings. The number of amides is 1. The number of hydrogen-bond acceptors (Lipinski definition) is 5. The van der Waals surface area contributed by atoms with Gasteiger partial charge in [0.1, 0.15) is 0 Å². The zero-order chi connectivity index (χ0) is 20.6. The number of carbonyl (C=O) groups is 1. The van der Waals surface area contributed by atoms with Gasteiger partial charge in [-0.1, -0.05) is 41.9 Å².